The smallest absolute Gasteiger partial charge is 0.255 e. The van der Waals surface area contributed by atoms with Crippen LogP contribution in [0.5, 0.6) is 0 Å². The van der Waals surface area contributed by atoms with Gasteiger partial charge in [-0.15, -0.1) is 0 Å². The second-order valence-electron chi connectivity index (χ2n) is 8.50. The van der Waals surface area contributed by atoms with E-state index in [0.717, 1.165) is 37.3 Å². The highest BCUT2D eigenvalue weighted by Crippen LogP contribution is 2.45. The molecule has 3 rings (SSSR count). The van der Waals surface area contributed by atoms with Crippen LogP contribution in [0.15, 0.2) is 41.3 Å². The van der Waals surface area contributed by atoms with Crippen molar-refractivity contribution in [1.82, 2.24) is 0 Å². The Morgan fingerprint density at radius 3 is 2.49 bits per heavy atom. The lowest BCUT2D eigenvalue weighted by Gasteiger charge is -2.49. The van der Waals surface area contributed by atoms with Gasteiger partial charge in [-0.1, -0.05) is 25.4 Å². The summed E-state index contributed by atoms with van der Waals surface area (Å²) >= 11 is 6.15. The summed E-state index contributed by atoms with van der Waals surface area (Å²) in [6, 6.07) is 5.59. The van der Waals surface area contributed by atoms with Crippen LogP contribution >= 0.6 is 11.6 Å². The fourth-order valence-corrected chi connectivity index (χ4v) is 6.18. The van der Waals surface area contributed by atoms with Crippen LogP contribution in [0.25, 0.3) is 0 Å². The minimum atomic E-state index is -4.91. The van der Waals surface area contributed by atoms with E-state index in [1.165, 1.54) is 0 Å². The molecule has 0 heterocycles. The number of amides is 1. The van der Waals surface area contributed by atoms with Crippen molar-refractivity contribution in [2.45, 2.75) is 61.4 Å². The number of rotatable bonds is 6. The molecule has 35 heavy (non-hydrogen) atoms. The molecule has 1 saturated carbocycles. The van der Waals surface area contributed by atoms with Crippen LogP contribution in [0.1, 0.15) is 50.7 Å². The molecule has 2 aromatic rings. The Balaban J connectivity index is 2.06. The van der Waals surface area contributed by atoms with Gasteiger partial charge in [-0.3, -0.25) is 4.79 Å². The standard InChI is InChI=1S/C24H28ClF2NO6S/c1-12-8-17(9-13(2)24(12,32)22(30)14(3)29)35(33,34)21-10-15(4-6-18(21)25)23(31)28-16-5-7-19(26)20(27)11-16/h4-7,10-14,17,22,29-30,32H,8-9H2,1-3H3,(H,28,31)/t12-,13?,14?,17-,22?,24-/m0/s1/i1D,2D3,17D. The fraction of sp³-hybridized carbons (Fsp3) is 0.458. The van der Waals surface area contributed by atoms with Crippen molar-refractivity contribution in [2.75, 3.05) is 5.32 Å². The number of halogens is 3. The van der Waals surface area contributed by atoms with Crippen LogP contribution in [0.4, 0.5) is 14.5 Å². The minimum absolute atomic E-state index is 0.137. The van der Waals surface area contributed by atoms with Gasteiger partial charge < -0.3 is 20.6 Å². The van der Waals surface area contributed by atoms with Crippen molar-refractivity contribution in [3.63, 3.8) is 0 Å². The number of hydrogen-bond donors (Lipinski definition) is 4. The number of sulfone groups is 1. The van der Waals surface area contributed by atoms with Crippen molar-refractivity contribution < 1.29 is 44.2 Å². The van der Waals surface area contributed by atoms with Gasteiger partial charge in [0.15, 0.2) is 21.5 Å². The molecule has 6 atom stereocenters. The zero-order valence-corrected chi connectivity index (χ0v) is 20.1. The molecule has 192 valence electrons. The molecule has 1 amide bonds. The molecular formula is C24H28ClF2NO6S. The second kappa shape index (κ2) is 10.1. The predicted octanol–water partition coefficient (Wildman–Crippen LogP) is 3.55. The summed E-state index contributed by atoms with van der Waals surface area (Å²) in [5.41, 5.74) is -3.06. The van der Waals surface area contributed by atoms with E-state index in [1.54, 1.807) is 0 Å². The Kier molecular flexibility index (Phi) is 6.07. The highest BCUT2D eigenvalue weighted by Gasteiger charge is 2.53. The third-order valence-electron chi connectivity index (χ3n) is 6.09. The molecule has 3 unspecified atom stereocenters. The van der Waals surface area contributed by atoms with Crippen LogP contribution < -0.4 is 5.32 Å². The van der Waals surface area contributed by atoms with E-state index < -0.39 is 98.8 Å². The Bertz CT molecular complexity index is 1400. The first kappa shape index (κ1) is 21.0. The first-order valence-electron chi connectivity index (χ1n) is 13.2. The van der Waals surface area contributed by atoms with E-state index in [9.17, 15) is 37.3 Å². The molecule has 0 spiro atoms. The normalized spacial score (nSPS) is 31.2. The molecule has 1 aliphatic carbocycles. The summed E-state index contributed by atoms with van der Waals surface area (Å²) in [6.45, 7) is -2.81. The number of anilines is 1. The number of carbonyl (C=O) groups excluding carboxylic acids is 1. The molecule has 0 bridgehead atoms. The first-order valence-corrected chi connectivity index (χ1v) is 12.3. The fourth-order valence-electron chi connectivity index (χ4n) is 4.03. The van der Waals surface area contributed by atoms with Crippen molar-refractivity contribution in [3.8, 4) is 0 Å². The summed E-state index contributed by atoms with van der Waals surface area (Å²) in [7, 11) is -4.91. The van der Waals surface area contributed by atoms with Gasteiger partial charge in [-0.25, -0.2) is 17.2 Å². The Hall–Kier alpha value is -2.11. The molecule has 7 nitrogen and oxygen atoms in total. The second-order valence-corrected chi connectivity index (χ2v) is 10.9. The lowest BCUT2D eigenvalue weighted by Crippen LogP contribution is -2.60. The van der Waals surface area contributed by atoms with Gasteiger partial charge in [-0.2, -0.15) is 0 Å². The maximum absolute atomic E-state index is 13.9. The van der Waals surface area contributed by atoms with Gasteiger partial charge in [0.2, 0.25) is 0 Å². The zero-order valence-electron chi connectivity index (χ0n) is 23.5. The van der Waals surface area contributed by atoms with E-state index in [4.69, 9.17) is 18.5 Å². The van der Waals surface area contributed by atoms with E-state index >= 15 is 0 Å². The average Bonchev–Trinajstić information content (AvgIpc) is 2.86. The maximum atomic E-state index is 13.9. The molecule has 4 N–H and O–H groups in total. The topological polar surface area (TPSA) is 124 Å². The summed E-state index contributed by atoms with van der Waals surface area (Å²) < 4.78 is 95.1. The highest BCUT2D eigenvalue weighted by atomic mass is 35.5. The molecular weight excluding hydrogens is 504 g/mol. The third-order valence-corrected chi connectivity index (χ3v) is 8.54. The highest BCUT2D eigenvalue weighted by molar-refractivity contribution is 7.92. The Morgan fingerprint density at radius 2 is 1.89 bits per heavy atom. The number of benzene rings is 2. The largest absolute Gasteiger partial charge is 0.391 e. The SMILES string of the molecule is [2H]C[C@H]1C[C@]([2H])(S(=O)(=O)c2cc(C(=O)Nc3ccc(F)c(F)c3)ccc2Cl)CC(C([2H])([2H])[2H])[C@]1(O)C(O)C(C)O. The van der Waals surface area contributed by atoms with E-state index in [-0.39, 0.29) is 11.3 Å². The molecule has 1 aliphatic rings. The minimum Gasteiger partial charge on any atom is -0.391 e. The molecule has 0 aromatic heterocycles. The van der Waals surface area contributed by atoms with Crippen LogP contribution in [0, 0.1) is 23.5 Å². The molecule has 1 fully saturated rings. The monoisotopic (exact) mass is 536 g/mol. The first-order chi connectivity index (χ1) is 18.3. The van der Waals surface area contributed by atoms with Crippen molar-refractivity contribution >= 4 is 33.0 Å². The van der Waals surface area contributed by atoms with Gasteiger partial charge in [0.25, 0.3) is 5.91 Å². The maximum Gasteiger partial charge on any atom is 0.255 e. The summed E-state index contributed by atoms with van der Waals surface area (Å²) in [4.78, 5) is 12.1. The summed E-state index contributed by atoms with van der Waals surface area (Å²) in [6.07, 6.45) is -5.53. The Labute approximate surface area is 214 Å². The Morgan fingerprint density at radius 1 is 1.20 bits per heavy atom. The molecule has 2 aromatic carbocycles. The van der Waals surface area contributed by atoms with Gasteiger partial charge in [0, 0.05) is 24.2 Å². The van der Waals surface area contributed by atoms with E-state index in [1.807, 2.05) is 0 Å². The number of aliphatic hydroxyl groups is 3. The predicted molar refractivity (Wildman–Crippen MR) is 127 cm³/mol. The van der Waals surface area contributed by atoms with Crippen molar-refractivity contribution in [2.24, 2.45) is 11.8 Å². The van der Waals surface area contributed by atoms with Crippen LogP contribution in [0.3, 0.4) is 0 Å². The van der Waals surface area contributed by atoms with E-state index in [0.29, 0.717) is 6.07 Å². The van der Waals surface area contributed by atoms with Crippen molar-refractivity contribution in [3.05, 3.63) is 58.6 Å². The average molecular weight is 537 g/mol. The third kappa shape index (κ3) is 5.22. The number of aliphatic hydroxyl groups excluding tert-OH is 2. The van der Waals surface area contributed by atoms with Gasteiger partial charge >= 0.3 is 0 Å². The van der Waals surface area contributed by atoms with Crippen LogP contribution in [-0.4, -0.2) is 52.7 Å². The van der Waals surface area contributed by atoms with Gasteiger partial charge in [-0.05, 0) is 61.9 Å². The molecule has 11 heteroatoms. The molecule has 0 aliphatic heterocycles. The zero-order chi connectivity index (χ0) is 30.4. The van der Waals surface area contributed by atoms with E-state index in [2.05, 4.69) is 5.32 Å². The number of nitrogens with one attached hydrogen (secondary N) is 1. The molecule has 0 radical (unpaired) electrons. The number of carbonyl (C=O) groups is 1. The number of hydrogen-bond acceptors (Lipinski definition) is 6. The van der Waals surface area contributed by atoms with Crippen molar-refractivity contribution in [1.29, 1.82) is 0 Å². The van der Waals surface area contributed by atoms with Gasteiger partial charge in [0.05, 0.1) is 26.8 Å². The van der Waals surface area contributed by atoms with Gasteiger partial charge in [0.1, 0.15) is 6.10 Å². The quantitative estimate of drug-likeness (QED) is 0.447. The lowest BCUT2D eigenvalue weighted by molar-refractivity contribution is -0.186. The lowest BCUT2D eigenvalue weighted by atomic mass is 9.66. The van der Waals surface area contributed by atoms with Crippen LogP contribution in [0.2, 0.25) is 5.02 Å². The summed E-state index contributed by atoms with van der Waals surface area (Å²) in [5.74, 6) is -6.93. The summed E-state index contributed by atoms with van der Waals surface area (Å²) in [5, 5.41) is 31.1. The van der Waals surface area contributed by atoms with Crippen LogP contribution in [-0.2, 0) is 9.84 Å². The molecule has 0 saturated heterocycles.